The summed E-state index contributed by atoms with van der Waals surface area (Å²) in [6.07, 6.45) is 1.90. The molecule has 0 amide bonds. The summed E-state index contributed by atoms with van der Waals surface area (Å²) in [7, 11) is 0. The summed E-state index contributed by atoms with van der Waals surface area (Å²) in [5.74, 6) is -0.386. The smallest absolute Gasteiger partial charge is 0.341 e. The number of ether oxygens (including phenoxy) is 1. The lowest BCUT2D eigenvalue weighted by atomic mass is 10.1. The average molecular weight is 456 g/mol. The van der Waals surface area contributed by atoms with Crippen LogP contribution in [-0.4, -0.2) is 22.0 Å². The molecule has 4 nitrogen and oxygen atoms in total. The number of rotatable bonds is 4. The van der Waals surface area contributed by atoms with Gasteiger partial charge in [-0.05, 0) is 43.3 Å². The van der Waals surface area contributed by atoms with E-state index in [9.17, 15) is 4.79 Å². The van der Waals surface area contributed by atoms with Crippen LogP contribution in [0.5, 0.6) is 0 Å². The van der Waals surface area contributed by atoms with Crippen LogP contribution in [0.4, 0.5) is 0 Å². The molecule has 0 aliphatic carbocycles. The Balaban J connectivity index is 2.02. The van der Waals surface area contributed by atoms with Crippen LogP contribution in [0.25, 0.3) is 28.2 Å². The van der Waals surface area contributed by atoms with Gasteiger partial charge in [0.15, 0.2) is 5.65 Å². The number of esters is 1. The van der Waals surface area contributed by atoms with Crippen molar-refractivity contribution in [1.29, 1.82) is 0 Å². The van der Waals surface area contributed by atoms with Crippen molar-refractivity contribution in [3.8, 4) is 22.5 Å². The van der Waals surface area contributed by atoms with Gasteiger partial charge in [0.2, 0.25) is 0 Å². The van der Waals surface area contributed by atoms with Gasteiger partial charge in [-0.2, -0.15) is 0 Å². The number of hydrogen-bond donors (Lipinski definition) is 0. The van der Waals surface area contributed by atoms with Crippen molar-refractivity contribution in [3.05, 3.63) is 81.9 Å². The lowest BCUT2D eigenvalue weighted by Gasteiger charge is -2.07. The van der Waals surface area contributed by atoms with Crippen LogP contribution in [0.2, 0.25) is 5.02 Å². The first-order valence-electron chi connectivity index (χ1n) is 8.78. The predicted octanol–water partition coefficient (Wildman–Crippen LogP) is 6.26. The highest BCUT2D eigenvalue weighted by Crippen LogP contribution is 2.34. The van der Waals surface area contributed by atoms with E-state index >= 15 is 0 Å². The predicted molar refractivity (Wildman–Crippen MR) is 115 cm³/mol. The molecule has 6 heteroatoms. The Hall–Kier alpha value is -2.63. The van der Waals surface area contributed by atoms with Crippen molar-refractivity contribution in [3.63, 3.8) is 0 Å². The molecule has 0 unspecified atom stereocenters. The minimum Gasteiger partial charge on any atom is -0.462 e. The maximum absolute atomic E-state index is 12.4. The number of halogens is 2. The SMILES string of the molecule is CCOC(=O)c1cccn2c(-c3ccc(Cl)cc3)c(-c3ccc(Br)cc3)nc12. The molecule has 0 atom stereocenters. The third kappa shape index (κ3) is 3.43. The number of imidazole rings is 1. The van der Waals surface area contributed by atoms with Gasteiger partial charge in [-0.3, -0.25) is 4.40 Å². The number of carbonyl (C=O) groups is 1. The number of hydrogen-bond acceptors (Lipinski definition) is 3. The Kier molecular flexibility index (Phi) is 5.20. The molecule has 28 heavy (non-hydrogen) atoms. The molecular formula is C22H16BrClN2O2. The van der Waals surface area contributed by atoms with Gasteiger partial charge in [-0.25, -0.2) is 9.78 Å². The van der Waals surface area contributed by atoms with E-state index in [1.54, 1.807) is 13.0 Å². The second-order valence-corrected chi connectivity index (χ2v) is 7.51. The van der Waals surface area contributed by atoms with Crippen LogP contribution in [0.3, 0.4) is 0 Å². The Morgan fingerprint density at radius 2 is 1.75 bits per heavy atom. The Morgan fingerprint density at radius 3 is 2.43 bits per heavy atom. The lowest BCUT2D eigenvalue weighted by Crippen LogP contribution is -2.07. The maximum Gasteiger partial charge on any atom is 0.341 e. The molecule has 0 bridgehead atoms. The topological polar surface area (TPSA) is 43.6 Å². The molecule has 0 N–H and O–H groups in total. The van der Waals surface area contributed by atoms with E-state index in [2.05, 4.69) is 15.9 Å². The molecule has 0 fully saturated rings. The van der Waals surface area contributed by atoms with Crippen LogP contribution in [0, 0.1) is 0 Å². The van der Waals surface area contributed by atoms with Crippen molar-refractivity contribution in [2.24, 2.45) is 0 Å². The summed E-state index contributed by atoms with van der Waals surface area (Å²) in [5.41, 5.74) is 4.57. The van der Waals surface area contributed by atoms with Gasteiger partial charge < -0.3 is 4.74 Å². The van der Waals surface area contributed by atoms with Crippen molar-refractivity contribution in [2.75, 3.05) is 6.61 Å². The van der Waals surface area contributed by atoms with Crippen LogP contribution >= 0.6 is 27.5 Å². The Labute approximate surface area is 175 Å². The van der Waals surface area contributed by atoms with E-state index in [1.807, 2.05) is 65.2 Å². The fourth-order valence-corrected chi connectivity index (χ4v) is 3.52. The normalized spacial score (nSPS) is 11.0. The van der Waals surface area contributed by atoms with Gasteiger partial charge >= 0.3 is 5.97 Å². The second kappa shape index (κ2) is 7.78. The van der Waals surface area contributed by atoms with E-state index < -0.39 is 0 Å². The molecular weight excluding hydrogens is 440 g/mol. The first-order valence-corrected chi connectivity index (χ1v) is 9.95. The minimum atomic E-state index is -0.386. The third-order valence-electron chi connectivity index (χ3n) is 4.38. The molecule has 4 rings (SSSR count). The number of benzene rings is 2. The zero-order valence-corrected chi connectivity index (χ0v) is 17.4. The number of carbonyl (C=O) groups excluding carboxylic acids is 1. The van der Waals surface area contributed by atoms with E-state index in [0.717, 1.165) is 27.0 Å². The highest BCUT2D eigenvalue weighted by Gasteiger charge is 2.21. The molecule has 2 heterocycles. The Bertz CT molecular complexity index is 1150. The van der Waals surface area contributed by atoms with Crippen molar-refractivity contribution < 1.29 is 9.53 Å². The van der Waals surface area contributed by atoms with Crippen molar-refractivity contribution >= 4 is 39.1 Å². The number of aromatic nitrogens is 2. The molecule has 0 aliphatic rings. The van der Waals surface area contributed by atoms with Crippen LogP contribution in [0.15, 0.2) is 71.3 Å². The molecule has 4 aromatic rings. The monoisotopic (exact) mass is 454 g/mol. The van der Waals surface area contributed by atoms with Gasteiger partial charge in [-0.1, -0.05) is 51.8 Å². The van der Waals surface area contributed by atoms with Gasteiger partial charge in [-0.15, -0.1) is 0 Å². The van der Waals surface area contributed by atoms with Gasteiger partial charge in [0.25, 0.3) is 0 Å². The molecule has 0 saturated heterocycles. The quantitative estimate of drug-likeness (QED) is 0.341. The van der Waals surface area contributed by atoms with Crippen LogP contribution < -0.4 is 0 Å². The largest absolute Gasteiger partial charge is 0.462 e. The zero-order chi connectivity index (χ0) is 19.7. The van der Waals surface area contributed by atoms with E-state index in [0.29, 0.717) is 22.8 Å². The number of pyridine rings is 1. The molecule has 0 aliphatic heterocycles. The molecule has 0 saturated carbocycles. The number of nitrogens with zero attached hydrogens (tertiary/aromatic N) is 2. The number of fused-ring (bicyclic) bond motifs is 1. The van der Waals surface area contributed by atoms with E-state index in [4.69, 9.17) is 21.3 Å². The lowest BCUT2D eigenvalue weighted by molar-refractivity contribution is 0.0528. The molecule has 0 spiro atoms. The van der Waals surface area contributed by atoms with Crippen molar-refractivity contribution in [2.45, 2.75) is 6.92 Å². The van der Waals surface area contributed by atoms with Crippen LogP contribution in [0.1, 0.15) is 17.3 Å². The highest BCUT2D eigenvalue weighted by molar-refractivity contribution is 9.10. The Morgan fingerprint density at radius 1 is 1.07 bits per heavy atom. The zero-order valence-electron chi connectivity index (χ0n) is 15.0. The second-order valence-electron chi connectivity index (χ2n) is 6.16. The first kappa shape index (κ1) is 18.7. The van der Waals surface area contributed by atoms with Gasteiger partial charge in [0, 0.05) is 26.8 Å². The van der Waals surface area contributed by atoms with E-state index in [-0.39, 0.29) is 5.97 Å². The molecule has 2 aromatic heterocycles. The molecule has 2 aromatic carbocycles. The fraction of sp³-hybridized carbons (Fsp3) is 0.0909. The third-order valence-corrected chi connectivity index (χ3v) is 5.16. The summed E-state index contributed by atoms with van der Waals surface area (Å²) < 4.78 is 8.12. The fourth-order valence-electron chi connectivity index (χ4n) is 3.13. The average Bonchev–Trinajstić information content (AvgIpc) is 3.09. The summed E-state index contributed by atoms with van der Waals surface area (Å²) in [5, 5.41) is 0.662. The van der Waals surface area contributed by atoms with Gasteiger partial charge in [0.05, 0.1) is 18.0 Å². The first-order chi connectivity index (χ1) is 13.6. The standard InChI is InChI=1S/C22H16BrClN2O2/c1-2-28-22(27)18-4-3-13-26-20(15-7-11-17(24)12-8-15)19(25-21(18)26)14-5-9-16(23)10-6-14/h3-13H,2H2,1H3. The molecule has 140 valence electrons. The summed E-state index contributed by atoms with van der Waals surface area (Å²) >= 11 is 9.55. The van der Waals surface area contributed by atoms with Crippen LogP contribution in [-0.2, 0) is 4.74 Å². The summed E-state index contributed by atoms with van der Waals surface area (Å²) in [4.78, 5) is 17.3. The summed E-state index contributed by atoms with van der Waals surface area (Å²) in [6.45, 7) is 2.10. The maximum atomic E-state index is 12.4. The highest BCUT2D eigenvalue weighted by atomic mass is 79.9. The summed E-state index contributed by atoms with van der Waals surface area (Å²) in [6, 6.07) is 19.1. The van der Waals surface area contributed by atoms with Gasteiger partial charge in [0.1, 0.15) is 5.56 Å². The van der Waals surface area contributed by atoms with E-state index in [1.165, 1.54) is 0 Å². The van der Waals surface area contributed by atoms with Crippen molar-refractivity contribution in [1.82, 2.24) is 9.38 Å². The molecule has 0 radical (unpaired) electrons. The minimum absolute atomic E-state index is 0.310.